The zero-order valence-electron chi connectivity index (χ0n) is 11.5. The fourth-order valence-corrected chi connectivity index (χ4v) is 2.59. The summed E-state index contributed by atoms with van der Waals surface area (Å²) in [4.78, 5) is 32.3. The Kier molecular flexibility index (Phi) is 2.90. The first-order valence-electron chi connectivity index (χ1n) is 6.97. The highest BCUT2D eigenvalue weighted by Gasteiger charge is 2.21. The Labute approximate surface area is 123 Å². The summed E-state index contributed by atoms with van der Waals surface area (Å²) >= 11 is 0. The van der Waals surface area contributed by atoms with Crippen LogP contribution in [0.2, 0.25) is 0 Å². The number of hydrogen-bond donors (Lipinski definition) is 3. The van der Waals surface area contributed by atoms with E-state index >= 15 is 0 Å². The van der Waals surface area contributed by atoms with Crippen molar-refractivity contribution in [3.05, 3.63) is 44.7 Å². The number of aromatic amines is 3. The maximum atomic E-state index is 11.4. The molecule has 1 fully saturated rings. The van der Waals surface area contributed by atoms with Crippen molar-refractivity contribution in [3.63, 3.8) is 0 Å². The molecule has 3 heterocycles. The first-order valence-corrected chi connectivity index (χ1v) is 6.97. The summed E-state index contributed by atoms with van der Waals surface area (Å²) < 4.78 is 5.35. The molecule has 0 aliphatic carbocycles. The van der Waals surface area contributed by atoms with E-state index in [1.165, 1.54) is 0 Å². The second-order valence-electron chi connectivity index (χ2n) is 5.27. The summed E-state index contributed by atoms with van der Waals surface area (Å²) in [6.07, 6.45) is 0.931. The lowest BCUT2D eigenvalue weighted by Gasteiger charge is -2.01. The van der Waals surface area contributed by atoms with Crippen molar-refractivity contribution in [2.45, 2.75) is 12.3 Å². The van der Waals surface area contributed by atoms with Crippen molar-refractivity contribution in [1.82, 2.24) is 25.1 Å². The minimum absolute atomic E-state index is 0.248. The molecule has 3 N–H and O–H groups in total. The molecule has 0 spiro atoms. The second kappa shape index (κ2) is 4.92. The van der Waals surface area contributed by atoms with Crippen LogP contribution >= 0.6 is 0 Å². The van der Waals surface area contributed by atoms with Crippen LogP contribution in [0.4, 0.5) is 0 Å². The van der Waals surface area contributed by atoms with Crippen LogP contribution in [0, 0.1) is 0 Å². The van der Waals surface area contributed by atoms with Crippen LogP contribution in [-0.4, -0.2) is 38.4 Å². The number of nitrogens with one attached hydrogen (secondary N) is 3. The third-order valence-corrected chi connectivity index (χ3v) is 3.80. The molecule has 8 heteroatoms. The van der Waals surface area contributed by atoms with E-state index < -0.39 is 11.1 Å². The van der Waals surface area contributed by atoms with Gasteiger partial charge in [-0.15, -0.1) is 0 Å². The lowest BCUT2D eigenvalue weighted by Crippen LogP contribution is -2.28. The van der Waals surface area contributed by atoms with Crippen molar-refractivity contribution in [1.29, 1.82) is 0 Å². The van der Waals surface area contributed by atoms with Crippen molar-refractivity contribution >= 4 is 11.0 Å². The van der Waals surface area contributed by atoms with Crippen LogP contribution in [0.15, 0.2) is 27.8 Å². The zero-order valence-corrected chi connectivity index (χ0v) is 11.5. The van der Waals surface area contributed by atoms with Crippen LogP contribution < -0.4 is 11.1 Å². The maximum Gasteiger partial charge on any atom is 0.314 e. The van der Waals surface area contributed by atoms with Gasteiger partial charge in [0.2, 0.25) is 0 Å². The fraction of sp³-hybridized carbons (Fsp3) is 0.286. The van der Waals surface area contributed by atoms with Crippen LogP contribution in [-0.2, 0) is 4.74 Å². The Morgan fingerprint density at radius 3 is 2.73 bits per heavy atom. The molecule has 0 amide bonds. The molecule has 2 aromatic heterocycles. The first-order chi connectivity index (χ1) is 10.7. The lowest BCUT2D eigenvalue weighted by atomic mass is 10.1. The largest absolute Gasteiger partial charge is 0.381 e. The Morgan fingerprint density at radius 2 is 1.95 bits per heavy atom. The summed E-state index contributed by atoms with van der Waals surface area (Å²) in [7, 11) is 0. The van der Waals surface area contributed by atoms with Crippen LogP contribution in [0.3, 0.4) is 0 Å². The average Bonchev–Trinajstić information content (AvgIpc) is 3.19. The second-order valence-corrected chi connectivity index (χ2v) is 5.27. The summed E-state index contributed by atoms with van der Waals surface area (Å²) in [5.41, 5.74) is 0.521. The summed E-state index contributed by atoms with van der Waals surface area (Å²) in [6.45, 7) is 1.40. The van der Waals surface area contributed by atoms with Gasteiger partial charge in [-0.3, -0.25) is 14.7 Å². The molecule has 1 saturated heterocycles. The third kappa shape index (κ3) is 2.13. The van der Waals surface area contributed by atoms with E-state index in [0.29, 0.717) is 23.5 Å². The minimum atomic E-state index is -0.677. The van der Waals surface area contributed by atoms with Gasteiger partial charge in [0.15, 0.2) is 5.82 Å². The first kappa shape index (κ1) is 13.0. The zero-order chi connectivity index (χ0) is 15.1. The third-order valence-electron chi connectivity index (χ3n) is 3.80. The number of aromatic nitrogens is 5. The van der Waals surface area contributed by atoms with E-state index in [-0.39, 0.29) is 5.92 Å². The van der Waals surface area contributed by atoms with E-state index in [4.69, 9.17) is 4.74 Å². The van der Waals surface area contributed by atoms with E-state index in [0.717, 1.165) is 24.4 Å². The summed E-state index contributed by atoms with van der Waals surface area (Å²) in [5.74, 6) is 1.61. The Morgan fingerprint density at radius 1 is 1.14 bits per heavy atom. The van der Waals surface area contributed by atoms with Gasteiger partial charge in [-0.05, 0) is 24.6 Å². The van der Waals surface area contributed by atoms with Gasteiger partial charge in [-0.1, -0.05) is 0 Å². The number of H-pyrrole nitrogens is 3. The van der Waals surface area contributed by atoms with Crippen LogP contribution in [0.5, 0.6) is 0 Å². The monoisotopic (exact) mass is 299 g/mol. The molecule has 8 nitrogen and oxygen atoms in total. The van der Waals surface area contributed by atoms with Crippen molar-refractivity contribution in [3.8, 4) is 11.4 Å². The van der Waals surface area contributed by atoms with Crippen molar-refractivity contribution in [2.24, 2.45) is 0 Å². The van der Waals surface area contributed by atoms with Gasteiger partial charge in [0.25, 0.3) is 0 Å². The van der Waals surface area contributed by atoms with E-state index in [9.17, 15) is 9.59 Å². The SMILES string of the molecule is O=c1[nH]c2ccc(-c3n[nH]c([C@@H]4CCOC4)n3)cc2[nH]c1=O. The highest BCUT2D eigenvalue weighted by molar-refractivity contribution is 5.79. The maximum absolute atomic E-state index is 11.4. The van der Waals surface area contributed by atoms with Gasteiger partial charge < -0.3 is 14.7 Å². The van der Waals surface area contributed by atoms with E-state index in [1.807, 2.05) is 0 Å². The van der Waals surface area contributed by atoms with Gasteiger partial charge in [0, 0.05) is 18.1 Å². The summed E-state index contributed by atoms with van der Waals surface area (Å²) in [6, 6.07) is 5.26. The number of nitrogens with zero attached hydrogens (tertiary/aromatic N) is 2. The van der Waals surface area contributed by atoms with E-state index in [2.05, 4.69) is 25.1 Å². The van der Waals surface area contributed by atoms with Gasteiger partial charge in [-0.25, -0.2) is 4.98 Å². The molecule has 1 aliphatic heterocycles. The Balaban J connectivity index is 1.76. The molecule has 1 atom stereocenters. The normalized spacial score (nSPS) is 18.1. The van der Waals surface area contributed by atoms with Gasteiger partial charge in [0.05, 0.1) is 17.6 Å². The molecule has 0 saturated carbocycles. The standard InChI is InChI=1S/C14H13N5O3/c20-13-14(21)16-10-5-7(1-2-9(10)15-13)11-17-12(19-18-11)8-3-4-22-6-8/h1-2,5,8H,3-4,6H2,(H,15,20)(H,16,21)(H,17,18,19)/t8-/m1/s1. The molecule has 22 heavy (non-hydrogen) atoms. The molecule has 3 aromatic rings. The predicted molar refractivity (Wildman–Crippen MR) is 78.7 cm³/mol. The van der Waals surface area contributed by atoms with Crippen molar-refractivity contribution < 1.29 is 4.74 Å². The number of benzene rings is 1. The number of ether oxygens (including phenoxy) is 1. The Hall–Kier alpha value is -2.74. The molecule has 1 aliphatic rings. The summed E-state index contributed by atoms with van der Waals surface area (Å²) in [5, 5.41) is 7.17. The molecule has 0 bridgehead atoms. The molecular weight excluding hydrogens is 286 g/mol. The highest BCUT2D eigenvalue weighted by Crippen LogP contribution is 2.24. The topological polar surface area (TPSA) is 117 Å². The van der Waals surface area contributed by atoms with E-state index in [1.54, 1.807) is 18.2 Å². The highest BCUT2D eigenvalue weighted by atomic mass is 16.5. The van der Waals surface area contributed by atoms with Gasteiger partial charge in [-0.2, -0.15) is 5.10 Å². The lowest BCUT2D eigenvalue weighted by molar-refractivity contribution is 0.193. The van der Waals surface area contributed by atoms with Crippen LogP contribution in [0.25, 0.3) is 22.4 Å². The molecular formula is C14H13N5O3. The van der Waals surface area contributed by atoms with Gasteiger partial charge >= 0.3 is 11.1 Å². The van der Waals surface area contributed by atoms with Crippen molar-refractivity contribution in [2.75, 3.05) is 13.2 Å². The molecule has 0 radical (unpaired) electrons. The smallest absolute Gasteiger partial charge is 0.314 e. The molecule has 4 rings (SSSR count). The number of fused-ring (bicyclic) bond motifs is 1. The number of hydrogen-bond acceptors (Lipinski definition) is 5. The fourth-order valence-electron chi connectivity index (χ4n) is 2.59. The quantitative estimate of drug-likeness (QED) is 0.596. The molecule has 112 valence electrons. The van der Waals surface area contributed by atoms with Crippen LogP contribution in [0.1, 0.15) is 18.2 Å². The predicted octanol–water partition coefficient (Wildman–Crippen LogP) is 0.505. The Bertz CT molecular complexity index is 949. The van der Waals surface area contributed by atoms with Gasteiger partial charge in [0.1, 0.15) is 5.82 Å². The molecule has 0 unspecified atom stereocenters. The molecule has 1 aromatic carbocycles. The minimum Gasteiger partial charge on any atom is -0.381 e. The number of rotatable bonds is 2. The average molecular weight is 299 g/mol.